The van der Waals surface area contributed by atoms with E-state index in [-0.39, 0.29) is 29.0 Å². The van der Waals surface area contributed by atoms with Crippen LogP contribution < -0.4 is 16.6 Å². The molecule has 11 nitrogen and oxygen atoms in total. The van der Waals surface area contributed by atoms with Gasteiger partial charge in [0.1, 0.15) is 22.9 Å². The smallest absolute Gasteiger partial charge is 0.268 e. The molecule has 1 aromatic carbocycles. The van der Waals surface area contributed by atoms with Gasteiger partial charge in [-0.05, 0) is 62.1 Å². The van der Waals surface area contributed by atoms with Crippen molar-refractivity contribution in [2.75, 3.05) is 25.5 Å². The molecular weight excluding hydrogens is 599 g/mol. The summed E-state index contributed by atoms with van der Waals surface area (Å²) in [7, 11) is 1.61. The monoisotopic (exact) mass is 638 g/mol. The number of amides is 2. The molecule has 0 radical (unpaired) electrons. The Bertz CT molecular complexity index is 1930. The second-order valence-electron chi connectivity index (χ2n) is 12.0. The SMILES string of the molecule is C=Nn1c(C2CCN(C(=O)C(C)C)CC2)cc(-c2ccc(NC(=O)c3cc(C)c(C)n(-c4cncc(F)c4)c3=O)cc2)c1C(N)=NC. The second kappa shape index (κ2) is 13.5. The highest BCUT2D eigenvalue weighted by Crippen LogP contribution is 2.36. The van der Waals surface area contributed by atoms with Crippen LogP contribution in [0.5, 0.6) is 0 Å². The van der Waals surface area contributed by atoms with Crippen LogP contribution in [-0.4, -0.2) is 63.6 Å². The summed E-state index contributed by atoms with van der Waals surface area (Å²) >= 11 is 0. The van der Waals surface area contributed by atoms with Gasteiger partial charge in [-0.3, -0.25) is 28.9 Å². The molecule has 47 heavy (non-hydrogen) atoms. The number of likely N-dealkylation sites (tertiary alicyclic amines) is 1. The Kier molecular flexibility index (Phi) is 9.50. The molecule has 244 valence electrons. The van der Waals surface area contributed by atoms with Crippen LogP contribution >= 0.6 is 0 Å². The largest absolute Gasteiger partial charge is 0.382 e. The number of carbonyl (C=O) groups is 2. The molecule has 1 fully saturated rings. The Morgan fingerprint density at radius 3 is 2.36 bits per heavy atom. The average Bonchev–Trinajstić information content (AvgIpc) is 3.46. The summed E-state index contributed by atoms with van der Waals surface area (Å²) in [5.41, 5.74) is 10.8. The normalized spacial score (nSPS) is 14.0. The number of carbonyl (C=O) groups excluding carboxylic acids is 2. The van der Waals surface area contributed by atoms with Crippen LogP contribution in [-0.2, 0) is 4.79 Å². The lowest BCUT2D eigenvalue weighted by atomic mass is 9.92. The maximum absolute atomic E-state index is 13.9. The van der Waals surface area contributed by atoms with Gasteiger partial charge < -0.3 is 16.0 Å². The number of hydrogen-bond acceptors (Lipinski definition) is 6. The van der Waals surface area contributed by atoms with Gasteiger partial charge in [-0.15, -0.1) is 0 Å². The molecule has 0 atom stereocenters. The first-order valence-corrected chi connectivity index (χ1v) is 15.4. The molecule has 0 aliphatic carbocycles. The molecule has 3 aromatic heterocycles. The summed E-state index contributed by atoms with van der Waals surface area (Å²) < 4.78 is 16.9. The van der Waals surface area contributed by atoms with Crippen LogP contribution in [0, 0.1) is 25.6 Å². The molecule has 0 spiro atoms. The second-order valence-corrected chi connectivity index (χ2v) is 12.0. The molecule has 12 heteroatoms. The van der Waals surface area contributed by atoms with Crippen LogP contribution in [0.3, 0.4) is 0 Å². The minimum absolute atomic E-state index is 0.0470. The first-order valence-electron chi connectivity index (χ1n) is 15.4. The van der Waals surface area contributed by atoms with Gasteiger partial charge in [-0.1, -0.05) is 26.0 Å². The van der Waals surface area contributed by atoms with Crippen LogP contribution in [0.1, 0.15) is 65.6 Å². The van der Waals surface area contributed by atoms with E-state index in [0.29, 0.717) is 41.6 Å². The van der Waals surface area contributed by atoms with Crippen molar-refractivity contribution in [3.05, 3.63) is 99.2 Å². The quantitative estimate of drug-likeness (QED) is 0.209. The number of pyridine rings is 2. The lowest BCUT2D eigenvalue weighted by Gasteiger charge is -2.33. The zero-order valence-electron chi connectivity index (χ0n) is 27.2. The van der Waals surface area contributed by atoms with Gasteiger partial charge in [0.2, 0.25) is 5.91 Å². The minimum Gasteiger partial charge on any atom is -0.382 e. The third-order valence-corrected chi connectivity index (χ3v) is 8.69. The van der Waals surface area contributed by atoms with E-state index in [0.717, 1.165) is 35.9 Å². The Morgan fingerprint density at radius 1 is 1.09 bits per heavy atom. The summed E-state index contributed by atoms with van der Waals surface area (Å²) in [6, 6.07) is 11.9. The van der Waals surface area contributed by atoms with E-state index in [1.54, 1.807) is 37.7 Å². The topological polar surface area (TPSA) is 140 Å². The standard InChI is InChI=1S/C35H39FN8O3/c1-20(2)34(46)42-13-11-24(12-14-42)30-17-28(31(32(37)38-5)44(30)39-6)23-7-9-26(10-8-23)41-33(45)29-15-21(3)22(4)43(35(29)47)27-16-25(36)18-40-19-27/h7-10,15-20,24H,6,11-14H2,1-5H3,(H2,37,38)(H,41,45). The molecule has 5 rings (SSSR count). The third kappa shape index (κ3) is 6.49. The Morgan fingerprint density at radius 2 is 1.77 bits per heavy atom. The zero-order chi connectivity index (χ0) is 34.0. The van der Waals surface area contributed by atoms with Crippen molar-refractivity contribution in [1.82, 2.24) is 19.1 Å². The number of piperidine rings is 1. The maximum Gasteiger partial charge on any atom is 0.268 e. The van der Waals surface area contributed by atoms with Crippen molar-refractivity contribution >= 4 is 30.1 Å². The number of hydrogen-bond donors (Lipinski definition) is 2. The van der Waals surface area contributed by atoms with Crippen molar-refractivity contribution in [1.29, 1.82) is 0 Å². The van der Waals surface area contributed by atoms with Crippen molar-refractivity contribution < 1.29 is 14.0 Å². The van der Waals surface area contributed by atoms with E-state index in [9.17, 15) is 18.8 Å². The maximum atomic E-state index is 13.9. The number of benzene rings is 1. The number of amidine groups is 1. The molecule has 2 amide bonds. The van der Waals surface area contributed by atoms with Crippen LogP contribution in [0.2, 0.25) is 0 Å². The number of nitrogens with zero attached hydrogens (tertiary/aromatic N) is 6. The number of nitrogens with one attached hydrogen (secondary N) is 1. The summed E-state index contributed by atoms with van der Waals surface area (Å²) in [6.07, 6.45) is 3.98. The number of aliphatic imine (C=N–C) groups is 1. The zero-order valence-corrected chi connectivity index (χ0v) is 27.2. The summed E-state index contributed by atoms with van der Waals surface area (Å²) in [6.45, 7) is 12.4. The number of rotatable bonds is 8. The minimum atomic E-state index is -0.599. The molecule has 4 aromatic rings. The van der Waals surface area contributed by atoms with Crippen LogP contribution in [0.15, 0.2) is 69.7 Å². The number of aromatic nitrogens is 3. The Balaban J connectivity index is 1.43. The first-order chi connectivity index (χ1) is 22.4. The number of anilines is 1. The van der Waals surface area contributed by atoms with Gasteiger partial charge in [0.05, 0.1) is 18.1 Å². The van der Waals surface area contributed by atoms with Gasteiger partial charge in [0, 0.05) is 67.4 Å². The van der Waals surface area contributed by atoms with E-state index in [4.69, 9.17) is 5.73 Å². The molecular formula is C35H39FN8O3. The summed E-state index contributed by atoms with van der Waals surface area (Å²) in [4.78, 5) is 49.3. The van der Waals surface area contributed by atoms with Crippen LogP contribution in [0.4, 0.5) is 10.1 Å². The molecule has 1 saturated heterocycles. The lowest BCUT2D eigenvalue weighted by Crippen LogP contribution is -2.40. The Hall–Kier alpha value is -5.39. The molecule has 0 saturated carbocycles. The van der Waals surface area contributed by atoms with E-state index < -0.39 is 17.3 Å². The molecule has 3 N–H and O–H groups in total. The number of halogens is 1. The van der Waals surface area contributed by atoms with E-state index in [2.05, 4.69) is 27.1 Å². The van der Waals surface area contributed by atoms with Crippen molar-refractivity contribution in [3.8, 4) is 16.8 Å². The number of aryl methyl sites for hydroxylation is 1. The fourth-order valence-corrected chi connectivity index (χ4v) is 6.06. The average molecular weight is 639 g/mol. The highest BCUT2D eigenvalue weighted by atomic mass is 19.1. The van der Waals surface area contributed by atoms with Gasteiger partial charge in [-0.2, -0.15) is 5.10 Å². The highest BCUT2D eigenvalue weighted by Gasteiger charge is 2.30. The fraction of sp³-hybridized carbons (Fsp3) is 0.314. The number of nitrogens with two attached hydrogens (primary N) is 1. The van der Waals surface area contributed by atoms with Crippen molar-refractivity contribution in [2.45, 2.75) is 46.5 Å². The first kappa shape index (κ1) is 33.0. The predicted molar refractivity (Wildman–Crippen MR) is 182 cm³/mol. The van der Waals surface area contributed by atoms with Crippen LogP contribution in [0.25, 0.3) is 16.8 Å². The van der Waals surface area contributed by atoms with Gasteiger partial charge in [0.15, 0.2) is 0 Å². The third-order valence-electron chi connectivity index (χ3n) is 8.69. The van der Waals surface area contributed by atoms with Crippen molar-refractivity contribution in [2.24, 2.45) is 21.7 Å². The molecule has 0 unspecified atom stereocenters. The fourth-order valence-electron chi connectivity index (χ4n) is 6.06. The lowest BCUT2D eigenvalue weighted by molar-refractivity contribution is -0.135. The molecule has 0 bridgehead atoms. The van der Waals surface area contributed by atoms with Gasteiger partial charge >= 0.3 is 0 Å². The summed E-state index contributed by atoms with van der Waals surface area (Å²) in [5.74, 6) is -0.650. The molecule has 1 aliphatic heterocycles. The highest BCUT2D eigenvalue weighted by molar-refractivity contribution is 6.05. The van der Waals surface area contributed by atoms with Gasteiger partial charge in [-0.25, -0.2) is 9.07 Å². The Labute approximate surface area is 272 Å². The molecule has 1 aliphatic rings. The van der Waals surface area contributed by atoms with E-state index in [1.165, 1.54) is 22.9 Å². The van der Waals surface area contributed by atoms with Gasteiger partial charge in [0.25, 0.3) is 11.5 Å². The van der Waals surface area contributed by atoms with Crippen molar-refractivity contribution in [3.63, 3.8) is 0 Å². The van der Waals surface area contributed by atoms with E-state index in [1.807, 2.05) is 36.9 Å². The predicted octanol–water partition coefficient (Wildman–Crippen LogP) is 4.87. The van der Waals surface area contributed by atoms with E-state index >= 15 is 0 Å². The molecule has 4 heterocycles. The summed E-state index contributed by atoms with van der Waals surface area (Å²) in [5, 5.41) is 7.11.